The molecule has 0 saturated carbocycles. The Labute approximate surface area is 116 Å². The Balaban J connectivity index is 1.97. The van der Waals surface area contributed by atoms with Crippen LogP contribution >= 0.6 is 0 Å². The van der Waals surface area contributed by atoms with E-state index in [0.717, 1.165) is 11.1 Å². The molecular weight excluding hydrogens is 262 g/mol. The number of carbonyl (C=O) groups is 2. The highest BCUT2D eigenvalue weighted by atomic mass is 16.5. The molecule has 20 heavy (non-hydrogen) atoms. The Hall–Kier alpha value is -2.15. The zero-order chi connectivity index (χ0) is 14.5. The maximum absolute atomic E-state index is 12.1. The molecule has 1 saturated heterocycles. The first-order valence-electron chi connectivity index (χ1n) is 6.34. The number of ether oxygens (including phenoxy) is 1. The number of aromatic nitrogens is 1. The fourth-order valence-electron chi connectivity index (χ4n) is 2.02. The number of carboxylic acid groups (broad SMARTS) is 1. The molecule has 0 aromatic carbocycles. The van der Waals surface area contributed by atoms with Gasteiger partial charge in [0.25, 0.3) is 0 Å². The summed E-state index contributed by atoms with van der Waals surface area (Å²) in [5, 5.41) is 11.8. The smallest absolute Gasteiger partial charge is 0.328 e. The van der Waals surface area contributed by atoms with E-state index in [4.69, 9.17) is 9.84 Å². The number of rotatable bonds is 3. The summed E-state index contributed by atoms with van der Waals surface area (Å²) in [7, 11) is 0. The molecule has 2 amide bonds. The first-order chi connectivity index (χ1) is 9.59. The summed E-state index contributed by atoms with van der Waals surface area (Å²) in [4.78, 5) is 28.4. The normalized spacial score (nSPS) is 18.6. The molecule has 2 rings (SSSR count). The molecule has 1 unspecified atom stereocenters. The van der Waals surface area contributed by atoms with Crippen molar-refractivity contribution < 1.29 is 19.4 Å². The van der Waals surface area contributed by atoms with Gasteiger partial charge < -0.3 is 20.1 Å². The summed E-state index contributed by atoms with van der Waals surface area (Å²) in [5.74, 6) is -1.06. The lowest BCUT2D eigenvalue weighted by Gasteiger charge is -2.32. The van der Waals surface area contributed by atoms with E-state index in [2.05, 4.69) is 10.3 Å². The molecule has 108 valence electrons. The molecule has 7 heteroatoms. The average molecular weight is 279 g/mol. The van der Waals surface area contributed by atoms with Crippen molar-refractivity contribution in [3.63, 3.8) is 0 Å². The Morgan fingerprint density at radius 1 is 1.60 bits per heavy atom. The third-order valence-corrected chi connectivity index (χ3v) is 3.24. The molecular formula is C13H17N3O4. The van der Waals surface area contributed by atoms with Crippen molar-refractivity contribution in [2.75, 3.05) is 19.8 Å². The van der Waals surface area contributed by atoms with Gasteiger partial charge in [-0.15, -0.1) is 0 Å². The third-order valence-electron chi connectivity index (χ3n) is 3.24. The van der Waals surface area contributed by atoms with Crippen LogP contribution in [0.1, 0.15) is 11.1 Å². The van der Waals surface area contributed by atoms with E-state index >= 15 is 0 Å². The molecule has 1 aromatic rings. The zero-order valence-corrected chi connectivity index (χ0v) is 11.2. The predicted molar refractivity (Wildman–Crippen MR) is 70.2 cm³/mol. The van der Waals surface area contributed by atoms with Crippen LogP contribution in [-0.4, -0.2) is 52.8 Å². The van der Waals surface area contributed by atoms with Crippen molar-refractivity contribution in [2.45, 2.75) is 19.5 Å². The maximum atomic E-state index is 12.1. The first kappa shape index (κ1) is 14.3. The SMILES string of the molecule is Cc1cnccc1CNC(=O)N1CCOCC1C(=O)O. The van der Waals surface area contributed by atoms with Crippen LogP contribution in [0.4, 0.5) is 4.79 Å². The Bertz CT molecular complexity index is 506. The van der Waals surface area contributed by atoms with Crippen molar-refractivity contribution in [3.05, 3.63) is 29.6 Å². The second-order valence-electron chi connectivity index (χ2n) is 4.58. The van der Waals surface area contributed by atoms with E-state index in [1.807, 2.05) is 13.0 Å². The number of hydrogen-bond acceptors (Lipinski definition) is 4. The number of hydrogen-bond donors (Lipinski definition) is 2. The number of nitrogens with one attached hydrogen (secondary N) is 1. The van der Waals surface area contributed by atoms with Gasteiger partial charge in [-0.1, -0.05) is 0 Å². The summed E-state index contributed by atoms with van der Waals surface area (Å²) in [6.45, 7) is 2.90. The minimum Gasteiger partial charge on any atom is -0.480 e. The Morgan fingerprint density at radius 2 is 2.40 bits per heavy atom. The Morgan fingerprint density at radius 3 is 3.10 bits per heavy atom. The van der Waals surface area contributed by atoms with Gasteiger partial charge >= 0.3 is 12.0 Å². The van der Waals surface area contributed by atoms with E-state index in [0.29, 0.717) is 13.2 Å². The molecule has 0 bridgehead atoms. The zero-order valence-electron chi connectivity index (χ0n) is 11.2. The largest absolute Gasteiger partial charge is 0.480 e. The summed E-state index contributed by atoms with van der Waals surface area (Å²) < 4.78 is 5.09. The number of amides is 2. The van der Waals surface area contributed by atoms with Gasteiger partial charge in [0.2, 0.25) is 0 Å². The van der Waals surface area contributed by atoms with Crippen molar-refractivity contribution in [1.29, 1.82) is 0 Å². The average Bonchev–Trinajstić information content (AvgIpc) is 2.46. The molecule has 0 aliphatic carbocycles. The number of morpholine rings is 1. The van der Waals surface area contributed by atoms with Crippen molar-refractivity contribution in [2.24, 2.45) is 0 Å². The van der Waals surface area contributed by atoms with Crippen LogP contribution in [0.2, 0.25) is 0 Å². The topological polar surface area (TPSA) is 91.8 Å². The van der Waals surface area contributed by atoms with Gasteiger partial charge in [-0.05, 0) is 24.1 Å². The van der Waals surface area contributed by atoms with Gasteiger partial charge in [0.15, 0.2) is 6.04 Å². The highest BCUT2D eigenvalue weighted by Crippen LogP contribution is 2.09. The molecule has 2 N–H and O–H groups in total. The van der Waals surface area contributed by atoms with Gasteiger partial charge in [0.1, 0.15) is 0 Å². The summed E-state index contributed by atoms with van der Waals surface area (Å²) in [6.07, 6.45) is 3.37. The van der Waals surface area contributed by atoms with Gasteiger partial charge in [0.05, 0.1) is 13.2 Å². The highest BCUT2D eigenvalue weighted by Gasteiger charge is 2.32. The lowest BCUT2D eigenvalue weighted by atomic mass is 10.1. The minimum atomic E-state index is -1.06. The standard InChI is InChI=1S/C13H17N3O4/c1-9-6-14-3-2-10(9)7-15-13(19)16-4-5-20-8-11(16)12(17)18/h2-3,6,11H,4-5,7-8H2,1H3,(H,15,19)(H,17,18). The predicted octanol–water partition coefficient (Wildman–Crippen LogP) is 0.385. The van der Waals surface area contributed by atoms with Crippen LogP contribution in [0.25, 0.3) is 0 Å². The maximum Gasteiger partial charge on any atom is 0.328 e. The monoisotopic (exact) mass is 279 g/mol. The van der Waals surface area contributed by atoms with Crippen LogP contribution in [0, 0.1) is 6.92 Å². The van der Waals surface area contributed by atoms with Gasteiger partial charge in [0, 0.05) is 25.5 Å². The minimum absolute atomic E-state index is 0.0248. The summed E-state index contributed by atoms with van der Waals surface area (Å²) >= 11 is 0. The number of aliphatic carboxylic acids is 1. The fourth-order valence-corrected chi connectivity index (χ4v) is 2.02. The van der Waals surface area contributed by atoms with Gasteiger partial charge in [-0.3, -0.25) is 4.98 Å². The number of nitrogens with zero attached hydrogens (tertiary/aromatic N) is 2. The van der Waals surface area contributed by atoms with Gasteiger partial charge in [-0.2, -0.15) is 0 Å². The number of pyridine rings is 1. The van der Waals surface area contributed by atoms with Crippen LogP contribution in [0.5, 0.6) is 0 Å². The number of carboxylic acids is 1. The van der Waals surface area contributed by atoms with Crippen LogP contribution in [-0.2, 0) is 16.1 Å². The first-order valence-corrected chi connectivity index (χ1v) is 6.34. The molecule has 2 heterocycles. The number of aryl methyl sites for hydroxylation is 1. The second-order valence-corrected chi connectivity index (χ2v) is 4.58. The lowest BCUT2D eigenvalue weighted by molar-refractivity contribution is -0.147. The van der Waals surface area contributed by atoms with Gasteiger partial charge in [-0.25, -0.2) is 9.59 Å². The van der Waals surface area contributed by atoms with Crippen LogP contribution in [0.3, 0.4) is 0 Å². The molecule has 7 nitrogen and oxygen atoms in total. The lowest BCUT2D eigenvalue weighted by Crippen LogP contribution is -2.55. The molecule has 1 aliphatic heterocycles. The highest BCUT2D eigenvalue weighted by molar-refractivity contribution is 5.83. The van der Waals surface area contributed by atoms with E-state index in [9.17, 15) is 9.59 Å². The Kier molecular flexibility index (Phi) is 4.52. The fraction of sp³-hybridized carbons (Fsp3) is 0.462. The van der Waals surface area contributed by atoms with E-state index < -0.39 is 18.0 Å². The van der Waals surface area contributed by atoms with E-state index in [1.165, 1.54) is 4.90 Å². The molecule has 0 spiro atoms. The summed E-state index contributed by atoms with van der Waals surface area (Å²) in [5.41, 5.74) is 1.93. The van der Waals surface area contributed by atoms with Crippen LogP contribution in [0.15, 0.2) is 18.5 Å². The molecule has 1 atom stereocenters. The molecule has 1 aliphatic rings. The quantitative estimate of drug-likeness (QED) is 0.835. The van der Waals surface area contributed by atoms with E-state index in [-0.39, 0.29) is 13.2 Å². The second kappa shape index (κ2) is 6.33. The van der Waals surface area contributed by atoms with Crippen molar-refractivity contribution in [1.82, 2.24) is 15.2 Å². The summed E-state index contributed by atoms with van der Waals surface area (Å²) in [6, 6.07) is 0.503. The van der Waals surface area contributed by atoms with E-state index in [1.54, 1.807) is 12.4 Å². The molecule has 1 fully saturated rings. The molecule has 0 radical (unpaired) electrons. The third kappa shape index (κ3) is 3.24. The van der Waals surface area contributed by atoms with Crippen molar-refractivity contribution >= 4 is 12.0 Å². The molecule has 1 aromatic heterocycles. The number of urea groups is 1. The van der Waals surface area contributed by atoms with Crippen LogP contribution < -0.4 is 5.32 Å². The number of carbonyl (C=O) groups excluding carboxylic acids is 1. The van der Waals surface area contributed by atoms with Crippen molar-refractivity contribution in [3.8, 4) is 0 Å².